The molecule has 12 heavy (non-hydrogen) atoms. The maximum Gasteiger partial charge on any atom is 0.214 e. The summed E-state index contributed by atoms with van der Waals surface area (Å²) < 4.78 is 0.810. The number of nitrogens with zero attached hydrogens (tertiary/aromatic N) is 2. The molecule has 0 bridgehead atoms. The van der Waals surface area contributed by atoms with Crippen molar-refractivity contribution < 1.29 is 9.90 Å². The van der Waals surface area contributed by atoms with Gasteiger partial charge in [0.15, 0.2) is 0 Å². The van der Waals surface area contributed by atoms with Crippen molar-refractivity contribution in [2.45, 2.75) is 6.92 Å². The van der Waals surface area contributed by atoms with E-state index in [1.54, 1.807) is 6.92 Å². The third-order valence-corrected chi connectivity index (χ3v) is 1.27. The van der Waals surface area contributed by atoms with Crippen molar-refractivity contribution in [1.82, 2.24) is 9.78 Å². The Morgan fingerprint density at radius 1 is 1.83 bits per heavy atom. The summed E-state index contributed by atoms with van der Waals surface area (Å²) in [4.78, 5) is 10.4. The first kappa shape index (κ1) is 8.25. The molecule has 0 amide bonds. The summed E-state index contributed by atoms with van der Waals surface area (Å²) >= 11 is 0. The van der Waals surface area contributed by atoms with Crippen molar-refractivity contribution in [3.8, 4) is 0 Å². The molecule has 0 fully saturated rings. The first-order chi connectivity index (χ1) is 5.52. The number of carbonyl (C=O) groups excluding carboxylic acids is 1. The highest BCUT2D eigenvalue weighted by molar-refractivity contribution is 5.90. The highest BCUT2D eigenvalue weighted by Crippen LogP contribution is 2.00. The fourth-order valence-electron chi connectivity index (χ4n) is 0.829. The lowest BCUT2D eigenvalue weighted by Gasteiger charge is -2.03. The van der Waals surface area contributed by atoms with E-state index in [0.29, 0.717) is 5.69 Å². The van der Waals surface area contributed by atoms with E-state index in [-0.39, 0.29) is 5.69 Å². The van der Waals surface area contributed by atoms with Crippen LogP contribution < -0.4 is 10.8 Å². The van der Waals surface area contributed by atoms with Crippen molar-refractivity contribution in [3.63, 3.8) is 0 Å². The fourth-order valence-corrected chi connectivity index (χ4v) is 0.829. The van der Waals surface area contributed by atoms with Crippen LogP contribution in [0.4, 0.5) is 0 Å². The quantitative estimate of drug-likeness (QED) is 0.383. The van der Waals surface area contributed by atoms with Crippen LogP contribution in [0, 0.1) is 12.3 Å². The van der Waals surface area contributed by atoms with Gasteiger partial charge in [-0.15, -0.1) is 0 Å². The summed E-state index contributed by atoms with van der Waals surface area (Å²) in [7, 11) is 0. The number of carboxylic acid groups (broad SMARTS) is 1. The number of aromatic carboxylic acids is 1. The van der Waals surface area contributed by atoms with Gasteiger partial charge in [-0.25, -0.2) is 0 Å². The molecular formula is C6H7N4O2-. The minimum Gasteiger partial charge on any atom is -0.543 e. The number of nitrogens with two attached hydrogens (primary N) is 1. The largest absolute Gasteiger partial charge is 0.543 e. The number of carboxylic acids is 1. The van der Waals surface area contributed by atoms with Gasteiger partial charge in [-0.05, 0) is 13.0 Å². The maximum absolute atomic E-state index is 10.4. The number of aryl methyl sites for hydroxylation is 1. The topological polar surface area (TPSA) is 108 Å². The van der Waals surface area contributed by atoms with Gasteiger partial charge in [0.25, 0.3) is 0 Å². The Bertz CT molecular complexity index is 310. The number of rotatable bonds is 1. The Morgan fingerprint density at radius 3 is 2.75 bits per heavy atom. The zero-order valence-corrected chi connectivity index (χ0v) is 6.37. The van der Waals surface area contributed by atoms with Gasteiger partial charge >= 0.3 is 0 Å². The molecule has 3 N–H and O–H groups in total. The molecule has 64 valence electrons. The zero-order chi connectivity index (χ0) is 9.30. The zero-order valence-electron chi connectivity index (χ0n) is 6.37. The Hall–Kier alpha value is -1.85. The summed E-state index contributed by atoms with van der Waals surface area (Å²) in [6, 6.07) is 1.29. The van der Waals surface area contributed by atoms with Crippen molar-refractivity contribution in [2.75, 3.05) is 0 Å². The molecule has 0 spiro atoms. The molecule has 1 aromatic heterocycles. The van der Waals surface area contributed by atoms with Crippen LogP contribution in [0.1, 0.15) is 16.2 Å². The maximum atomic E-state index is 10.4. The second-order valence-corrected chi connectivity index (χ2v) is 2.26. The van der Waals surface area contributed by atoms with Crippen LogP contribution in [0.2, 0.25) is 0 Å². The van der Waals surface area contributed by atoms with Crippen molar-refractivity contribution in [1.29, 1.82) is 5.41 Å². The predicted octanol–water partition coefficient (Wildman–Crippen LogP) is -1.70. The average Bonchev–Trinajstić information content (AvgIpc) is 2.31. The number of nitrogen functional groups attached to an aromatic ring is 1. The van der Waals surface area contributed by atoms with Crippen LogP contribution in [-0.4, -0.2) is 21.7 Å². The first-order valence-electron chi connectivity index (χ1n) is 3.15. The van der Waals surface area contributed by atoms with Crippen LogP contribution in [0.25, 0.3) is 0 Å². The summed E-state index contributed by atoms with van der Waals surface area (Å²) in [5, 5.41) is 21.1. The van der Waals surface area contributed by atoms with E-state index >= 15 is 0 Å². The molecule has 0 aliphatic heterocycles. The Balaban J connectivity index is 3.26. The summed E-state index contributed by atoms with van der Waals surface area (Å²) in [6.45, 7) is 1.60. The molecule has 0 unspecified atom stereocenters. The molecule has 0 radical (unpaired) electrons. The minimum atomic E-state index is -1.40. The third kappa shape index (κ3) is 1.26. The number of hydrogen-bond acceptors (Lipinski definition) is 4. The van der Waals surface area contributed by atoms with E-state index in [1.807, 2.05) is 0 Å². The number of nitrogens with one attached hydrogen (secondary N) is 1. The van der Waals surface area contributed by atoms with Gasteiger partial charge in [0.05, 0.1) is 17.4 Å². The summed E-state index contributed by atoms with van der Waals surface area (Å²) in [5.74, 6) is -1.84. The molecule has 6 nitrogen and oxygen atoms in total. The Morgan fingerprint density at radius 2 is 2.42 bits per heavy atom. The van der Waals surface area contributed by atoms with E-state index in [9.17, 15) is 9.90 Å². The number of hydrogen-bond donors (Lipinski definition) is 2. The smallest absolute Gasteiger partial charge is 0.214 e. The van der Waals surface area contributed by atoms with E-state index < -0.39 is 11.9 Å². The second kappa shape index (κ2) is 2.65. The lowest BCUT2D eigenvalue weighted by molar-refractivity contribution is -0.255. The minimum absolute atomic E-state index is 0.208. The van der Waals surface area contributed by atoms with Gasteiger partial charge in [-0.3, -0.25) is 5.41 Å². The summed E-state index contributed by atoms with van der Waals surface area (Å²) in [6.07, 6.45) is 0. The summed E-state index contributed by atoms with van der Waals surface area (Å²) in [5.41, 5.74) is 5.33. The van der Waals surface area contributed by atoms with Gasteiger partial charge < -0.3 is 15.6 Å². The van der Waals surface area contributed by atoms with Crippen LogP contribution in [0.3, 0.4) is 0 Å². The third-order valence-electron chi connectivity index (χ3n) is 1.27. The van der Waals surface area contributed by atoms with Crippen molar-refractivity contribution in [3.05, 3.63) is 17.5 Å². The van der Waals surface area contributed by atoms with Crippen LogP contribution >= 0.6 is 0 Å². The predicted molar refractivity (Wildman–Crippen MR) is 38.6 cm³/mol. The first-order valence-corrected chi connectivity index (χ1v) is 3.15. The number of aromatic nitrogens is 2. The van der Waals surface area contributed by atoms with E-state index in [1.165, 1.54) is 6.07 Å². The van der Waals surface area contributed by atoms with E-state index in [4.69, 9.17) is 11.1 Å². The molecule has 0 saturated carbocycles. The van der Waals surface area contributed by atoms with Gasteiger partial charge in [-0.2, -0.15) is 9.78 Å². The second-order valence-electron chi connectivity index (χ2n) is 2.26. The van der Waals surface area contributed by atoms with Crippen LogP contribution in [-0.2, 0) is 0 Å². The molecule has 0 aliphatic carbocycles. The SMILES string of the molecule is Cc1cc(C(=O)[O-])n(C(=N)N)n1. The molecule has 0 saturated heterocycles. The lowest BCUT2D eigenvalue weighted by Crippen LogP contribution is -2.31. The molecule has 1 aromatic rings. The lowest BCUT2D eigenvalue weighted by atomic mass is 10.4. The van der Waals surface area contributed by atoms with Crippen molar-refractivity contribution >= 4 is 11.9 Å². The average molecular weight is 167 g/mol. The standard InChI is InChI=1S/C6H8N4O2/c1-3-2-4(5(11)12)10(9-3)6(7)8/h2H,1H3,(H3,7,8)(H,11,12)/p-1. The number of carbonyl (C=O) groups is 1. The normalized spacial score (nSPS) is 9.75. The fraction of sp³-hybridized carbons (Fsp3) is 0.167. The van der Waals surface area contributed by atoms with Crippen molar-refractivity contribution in [2.24, 2.45) is 5.73 Å². The molecule has 0 atom stereocenters. The van der Waals surface area contributed by atoms with E-state index in [2.05, 4.69) is 5.10 Å². The highest BCUT2D eigenvalue weighted by atomic mass is 16.4. The molecular weight excluding hydrogens is 160 g/mol. The monoisotopic (exact) mass is 167 g/mol. The Labute approximate surface area is 68.1 Å². The van der Waals surface area contributed by atoms with Crippen LogP contribution in [0.5, 0.6) is 0 Å². The van der Waals surface area contributed by atoms with Gasteiger partial charge in [0.1, 0.15) is 0 Å². The molecule has 1 rings (SSSR count). The molecule has 0 aromatic carbocycles. The molecule has 0 aliphatic rings. The Kier molecular flexibility index (Phi) is 1.82. The van der Waals surface area contributed by atoms with Crippen LogP contribution in [0.15, 0.2) is 6.07 Å². The molecule has 6 heteroatoms. The van der Waals surface area contributed by atoms with Gasteiger partial charge in [0, 0.05) is 0 Å². The van der Waals surface area contributed by atoms with Gasteiger partial charge in [0.2, 0.25) is 5.96 Å². The van der Waals surface area contributed by atoms with E-state index in [0.717, 1.165) is 4.68 Å². The molecule has 1 heterocycles. The van der Waals surface area contributed by atoms with Gasteiger partial charge in [-0.1, -0.05) is 0 Å². The highest BCUT2D eigenvalue weighted by Gasteiger charge is 2.07.